The van der Waals surface area contributed by atoms with Crippen LogP contribution in [0.25, 0.3) is 0 Å². The molecule has 0 aliphatic rings. The normalized spacial score (nSPS) is 11.1. The van der Waals surface area contributed by atoms with E-state index in [4.69, 9.17) is 0 Å². The summed E-state index contributed by atoms with van der Waals surface area (Å²) in [5.74, 6) is 0. The van der Waals surface area contributed by atoms with Gasteiger partial charge in [-0.2, -0.15) is 0 Å². The first-order valence-electron chi connectivity index (χ1n) is 9.91. The number of nitrogens with one attached hydrogen (secondary N) is 1. The predicted octanol–water partition coefficient (Wildman–Crippen LogP) is 6.67. The summed E-state index contributed by atoms with van der Waals surface area (Å²) in [6.45, 7) is 8.11. The largest absolute Gasteiger partial charge is 0.317 e. The molecule has 0 bridgehead atoms. The third-order valence-electron chi connectivity index (χ3n) is 4.38. The van der Waals surface area contributed by atoms with Crippen LogP contribution in [0.15, 0.2) is 0 Å². The standard InChI is InChI=1S/C20H42N/c1-3-5-6-7-8-9-10-11-12-13-14-15-16-17-18-19-20-21-4-2/h21H,2-20H2,1H3. The Labute approximate surface area is 135 Å². The first-order valence-corrected chi connectivity index (χ1v) is 9.91. The van der Waals surface area contributed by atoms with E-state index in [9.17, 15) is 0 Å². The maximum Gasteiger partial charge on any atom is -0.00484 e. The number of hydrogen-bond acceptors (Lipinski definition) is 1. The maximum absolute atomic E-state index is 3.79. The highest BCUT2D eigenvalue weighted by atomic mass is 14.8. The van der Waals surface area contributed by atoms with Gasteiger partial charge in [-0.05, 0) is 26.4 Å². The van der Waals surface area contributed by atoms with E-state index in [1.165, 1.54) is 103 Å². The van der Waals surface area contributed by atoms with Crippen molar-refractivity contribution in [2.75, 3.05) is 13.1 Å². The molecule has 1 nitrogen and oxygen atoms in total. The summed E-state index contributed by atoms with van der Waals surface area (Å²) >= 11 is 0. The molecular formula is C20H42N. The van der Waals surface area contributed by atoms with Gasteiger partial charge in [-0.25, -0.2) is 0 Å². The monoisotopic (exact) mass is 296 g/mol. The molecule has 0 saturated heterocycles. The van der Waals surface area contributed by atoms with Crippen molar-refractivity contribution in [3.63, 3.8) is 0 Å². The molecule has 0 aliphatic carbocycles. The van der Waals surface area contributed by atoms with Crippen molar-refractivity contribution in [2.24, 2.45) is 0 Å². The van der Waals surface area contributed by atoms with E-state index in [0.29, 0.717) is 0 Å². The summed E-state index contributed by atoms with van der Waals surface area (Å²) in [4.78, 5) is 0. The van der Waals surface area contributed by atoms with Gasteiger partial charge in [0.15, 0.2) is 0 Å². The van der Waals surface area contributed by atoms with E-state index in [1.807, 2.05) is 0 Å². The third kappa shape index (κ3) is 20.0. The van der Waals surface area contributed by atoms with Crippen LogP contribution in [0.2, 0.25) is 0 Å². The zero-order chi connectivity index (χ0) is 15.4. The highest BCUT2D eigenvalue weighted by molar-refractivity contribution is 4.51. The minimum Gasteiger partial charge on any atom is -0.317 e. The van der Waals surface area contributed by atoms with Gasteiger partial charge in [0, 0.05) is 0 Å². The molecule has 0 aliphatic heterocycles. The Balaban J connectivity index is 2.90. The lowest BCUT2D eigenvalue weighted by Gasteiger charge is -2.04. The Hall–Kier alpha value is -0.0400. The van der Waals surface area contributed by atoms with E-state index in [-0.39, 0.29) is 0 Å². The van der Waals surface area contributed by atoms with Gasteiger partial charge in [-0.3, -0.25) is 0 Å². The van der Waals surface area contributed by atoms with Crippen LogP contribution in [0.3, 0.4) is 0 Å². The molecule has 0 saturated carbocycles. The van der Waals surface area contributed by atoms with Crippen molar-refractivity contribution < 1.29 is 0 Å². The Bertz CT molecular complexity index is 149. The van der Waals surface area contributed by atoms with Gasteiger partial charge in [0.1, 0.15) is 0 Å². The van der Waals surface area contributed by atoms with Crippen LogP contribution in [0.4, 0.5) is 0 Å². The van der Waals surface area contributed by atoms with Crippen molar-refractivity contribution >= 4 is 0 Å². The van der Waals surface area contributed by atoms with E-state index in [1.54, 1.807) is 0 Å². The summed E-state index contributed by atoms with van der Waals surface area (Å²) in [6, 6.07) is 0. The Morgan fingerprint density at radius 2 is 0.857 bits per heavy atom. The molecule has 0 unspecified atom stereocenters. The van der Waals surface area contributed by atoms with Gasteiger partial charge in [0.05, 0.1) is 0 Å². The SMILES string of the molecule is [CH2]CNCCCCCCCCCCCCCCCCCC. The van der Waals surface area contributed by atoms with Crippen molar-refractivity contribution in [1.29, 1.82) is 0 Å². The van der Waals surface area contributed by atoms with E-state index < -0.39 is 0 Å². The van der Waals surface area contributed by atoms with Crippen LogP contribution in [-0.2, 0) is 0 Å². The molecule has 1 N–H and O–H groups in total. The molecule has 0 aromatic heterocycles. The fourth-order valence-corrected chi connectivity index (χ4v) is 2.92. The average Bonchev–Trinajstić information content (AvgIpc) is 2.50. The molecule has 0 fully saturated rings. The smallest absolute Gasteiger partial charge is 0.00484 e. The van der Waals surface area contributed by atoms with Crippen LogP contribution in [-0.4, -0.2) is 13.1 Å². The van der Waals surface area contributed by atoms with Crippen molar-refractivity contribution in [2.45, 2.75) is 110 Å². The molecule has 0 heterocycles. The third-order valence-corrected chi connectivity index (χ3v) is 4.38. The Morgan fingerprint density at radius 1 is 0.524 bits per heavy atom. The van der Waals surface area contributed by atoms with Gasteiger partial charge in [-0.15, -0.1) is 0 Å². The fourth-order valence-electron chi connectivity index (χ4n) is 2.92. The molecule has 0 aromatic carbocycles. The van der Waals surface area contributed by atoms with Crippen LogP contribution in [0.1, 0.15) is 110 Å². The maximum atomic E-state index is 3.79. The van der Waals surface area contributed by atoms with E-state index >= 15 is 0 Å². The molecule has 0 spiro atoms. The first-order chi connectivity index (χ1) is 10.4. The first kappa shape index (κ1) is 21.0. The Kier molecular flexibility index (Phi) is 19.9. The average molecular weight is 297 g/mol. The molecule has 0 rings (SSSR count). The number of unbranched alkanes of at least 4 members (excludes halogenated alkanes) is 15. The minimum atomic E-state index is 0.874. The second kappa shape index (κ2) is 20.0. The molecule has 0 atom stereocenters. The van der Waals surface area contributed by atoms with Crippen LogP contribution >= 0.6 is 0 Å². The molecule has 21 heavy (non-hydrogen) atoms. The molecule has 1 heteroatoms. The van der Waals surface area contributed by atoms with Crippen molar-refractivity contribution in [3.8, 4) is 0 Å². The summed E-state index contributed by atoms with van der Waals surface area (Å²) < 4.78 is 0. The van der Waals surface area contributed by atoms with E-state index in [0.717, 1.165) is 13.1 Å². The lowest BCUT2D eigenvalue weighted by Crippen LogP contribution is -2.13. The fraction of sp³-hybridized carbons (Fsp3) is 0.950. The number of hydrogen-bond donors (Lipinski definition) is 1. The second-order valence-corrected chi connectivity index (χ2v) is 6.55. The zero-order valence-electron chi connectivity index (χ0n) is 14.9. The number of rotatable bonds is 18. The lowest BCUT2D eigenvalue weighted by atomic mass is 10.0. The summed E-state index contributed by atoms with van der Waals surface area (Å²) in [5, 5.41) is 3.29. The van der Waals surface area contributed by atoms with Gasteiger partial charge >= 0.3 is 0 Å². The molecule has 0 aromatic rings. The van der Waals surface area contributed by atoms with Gasteiger partial charge < -0.3 is 5.32 Å². The summed E-state index contributed by atoms with van der Waals surface area (Å²) in [7, 11) is 0. The van der Waals surface area contributed by atoms with Crippen LogP contribution in [0.5, 0.6) is 0 Å². The minimum absolute atomic E-state index is 0.874. The van der Waals surface area contributed by atoms with Gasteiger partial charge in [0.25, 0.3) is 0 Å². The molecule has 1 radical (unpaired) electrons. The van der Waals surface area contributed by atoms with Crippen LogP contribution < -0.4 is 5.32 Å². The molecular weight excluding hydrogens is 254 g/mol. The molecule has 0 amide bonds. The van der Waals surface area contributed by atoms with Crippen LogP contribution in [0, 0.1) is 6.92 Å². The van der Waals surface area contributed by atoms with Crippen molar-refractivity contribution in [1.82, 2.24) is 5.32 Å². The van der Waals surface area contributed by atoms with E-state index in [2.05, 4.69) is 19.2 Å². The van der Waals surface area contributed by atoms with Gasteiger partial charge in [0.2, 0.25) is 0 Å². The highest BCUT2D eigenvalue weighted by Crippen LogP contribution is 2.13. The second-order valence-electron chi connectivity index (χ2n) is 6.55. The summed E-state index contributed by atoms with van der Waals surface area (Å²) in [6.07, 6.45) is 23.1. The lowest BCUT2D eigenvalue weighted by molar-refractivity contribution is 0.527. The van der Waals surface area contributed by atoms with Crippen molar-refractivity contribution in [3.05, 3.63) is 6.92 Å². The topological polar surface area (TPSA) is 12.0 Å². The quantitative estimate of drug-likeness (QED) is 0.278. The summed E-state index contributed by atoms with van der Waals surface area (Å²) in [5.41, 5.74) is 0. The molecule has 127 valence electrons. The predicted molar refractivity (Wildman–Crippen MR) is 97.8 cm³/mol. The van der Waals surface area contributed by atoms with Gasteiger partial charge in [-0.1, -0.05) is 103 Å². The Morgan fingerprint density at radius 3 is 1.19 bits per heavy atom. The highest BCUT2D eigenvalue weighted by Gasteiger charge is 1.94. The zero-order valence-corrected chi connectivity index (χ0v) is 14.9.